The first kappa shape index (κ1) is 14.2. The van der Waals surface area contributed by atoms with Crippen molar-refractivity contribution in [1.29, 1.82) is 0 Å². The molecule has 0 N–H and O–H groups in total. The number of hydrogen-bond donors (Lipinski definition) is 0. The minimum absolute atomic E-state index is 0.0753. The molecule has 0 aliphatic rings. The summed E-state index contributed by atoms with van der Waals surface area (Å²) < 4.78 is 6.13. The molecule has 0 spiro atoms. The van der Waals surface area contributed by atoms with Crippen LogP contribution in [0.2, 0.25) is 0 Å². The first-order valence-corrected chi connectivity index (χ1v) is 7.56. The van der Waals surface area contributed by atoms with Gasteiger partial charge in [-0.15, -0.1) is 23.5 Å². The van der Waals surface area contributed by atoms with Crippen molar-refractivity contribution in [2.75, 3.05) is 19.6 Å². The Morgan fingerprint density at radius 1 is 1.12 bits per heavy atom. The fourth-order valence-electron chi connectivity index (χ4n) is 1.44. The fraction of sp³-hybridized carbons (Fsp3) is 0.308. The van der Waals surface area contributed by atoms with Crippen LogP contribution >= 0.6 is 23.5 Å². The molecule has 4 heteroatoms. The van der Waals surface area contributed by atoms with E-state index in [1.807, 2.05) is 19.4 Å². The number of thioether (sulfide) groups is 2. The van der Waals surface area contributed by atoms with Crippen molar-refractivity contribution in [3.63, 3.8) is 0 Å². The molecule has 0 heterocycles. The minimum atomic E-state index is 0.0753. The number of allylic oxidation sites excluding steroid dienone is 1. The maximum Gasteiger partial charge on any atom is 0.190 e. The van der Waals surface area contributed by atoms with E-state index in [9.17, 15) is 4.79 Å². The Kier molecular flexibility index (Phi) is 5.65. The van der Waals surface area contributed by atoms with Crippen LogP contribution in [0.3, 0.4) is 0 Å². The number of carbonyl (C=O) groups excluding carboxylic acids is 1. The third-order valence-electron chi connectivity index (χ3n) is 2.37. The van der Waals surface area contributed by atoms with E-state index in [0.29, 0.717) is 5.56 Å². The second-order valence-corrected chi connectivity index (χ2v) is 5.27. The van der Waals surface area contributed by atoms with Gasteiger partial charge in [-0.3, -0.25) is 4.79 Å². The van der Waals surface area contributed by atoms with Crippen molar-refractivity contribution < 1.29 is 9.53 Å². The number of benzene rings is 1. The van der Waals surface area contributed by atoms with E-state index >= 15 is 0 Å². The molecule has 1 rings (SSSR count). The van der Waals surface area contributed by atoms with Gasteiger partial charge in [0, 0.05) is 15.4 Å². The van der Waals surface area contributed by atoms with Gasteiger partial charge in [-0.2, -0.15) is 0 Å². The molecule has 0 radical (unpaired) electrons. The Balaban J connectivity index is 2.99. The second kappa shape index (κ2) is 6.77. The van der Waals surface area contributed by atoms with Gasteiger partial charge in [0.05, 0.1) is 7.11 Å². The topological polar surface area (TPSA) is 26.3 Å². The summed E-state index contributed by atoms with van der Waals surface area (Å²) in [7, 11) is 1.61. The molecular formula is C13H16O2S2. The monoisotopic (exact) mass is 268 g/mol. The molecule has 0 saturated heterocycles. The lowest BCUT2D eigenvalue weighted by atomic mass is 10.1. The molecule has 0 aromatic heterocycles. The molecule has 0 atom stereocenters. The summed E-state index contributed by atoms with van der Waals surface area (Å²) >= 11 is 3.21. The molecule has 0 bridgehead atoms. The van der Waals surface area contributed by atoms with Crippen molar-refractivity contribution in [2.24, 2.45) is 0 Å². The van der Waals surface area contributed by atoms with Crippen LogP contribution in [0, 0.1) is 0 Å². The van der Waals surface area contributed by atoms with E-state index in [0.717, 1.165) is 15.6 Å². The van der Waals surface area contributed by atoms with E-state index in [-0.39, 0.29) is 5.78 Å². The summed E-state index contributed by atoms with van der Waals surface area (Å²) in [5.41, 5.74) is 1.50. The van der Waals surface area contributed by atoms with Gasteiger partial charge in [-0.1, -0.05) is 0 Å². The van der Waals surface area contributed by atoms with E-state index < -0.39 is 0 Å². The Hall–Kier alpha value is -0.870. The van der Waals surface area contributed by atoms with Crippen molar-refractivity contribution in [3.05, 3.63) is 39.6 Å². The molecule has 0 aliphatic carbocycles. The second-order valence-electron chi connectivity index (χ2n) is 3.38. The molecule has 92 valence electrons. The summed E-state index contributed by atoms with van der Waals surface area (Å²) in [6.45, 7) is 1.87. The number of Topliss-reactive ketones (excluding diaryl/α,β-unsaturated/α-hetero) is 1. The average molecular weight is 268 g/mol. The Morgan fingerprint density at radius 3 is 2.06 bits per heavy atom. The van der Waals surface area contributed by atoms with E-state index in [2.05, 4.69) is 0 Å². The Morgan fingerprint density at radius 2 is 1.65 bits per heavy atom. The highest BCUT2D eigenvalue weighted by molar-refractivity contribution is 8.21. The molecular weight excluding hydrogens is 252 g/mol. The van der Waals surface area contributed by atoms with Crippen LogP contribution in [0.15, 0.2) is 34.1 Å². The van der Waals surface area contributed by atoms with Gasteiger partial charge < -0.3 is 4.74 Å². The predicted octanol–water partition coefficient (Wildman–Crippen LogP) is 3.84. The summed E-state index contributed by atoms with van der Waals surface area (Å²) in [6.07, 6.45) is 3.97. The molecule has 2 nitrogen and oxygen atoms in total. The van der Waals surface area contributed by atoms with Gasteiger partial charge in [0.2, 0.25) is 0 Å². The number of carbonyl (C=O) groups is 1. The van der Waals surface area contributed by atoms with Crippen LogP contribution in [0.1, 0.15) is 17.3 Å². The summed E-state index contributed by atoms with van der Waals surface area (Å²) in [6, 6.07) is 7.20. The molecule has 0 unspecified atom stereocenters. The van der Waals surface area contributed by atoms with E-state index in [1.165, 1.54) is 0 Å². The maximum atomic E-state index is 12.2. The van der Waals surface area contributed by atoms with Crippen molar-refractivity contribution in [2.45, 2.75) is 6.92 Å². The smallest absolute Gasteiger partial charge is 0.190 e. The Labute approximate surface area is 111 Å². The zero-order valence-electron chi connectivity index (χ0n) is 10.4. The van der Waals surface area contributed by atoms with Crippen molar-refractivity contribution in [3.8, 4) is 5.75 Å². The zero-order valence-corrected chi connectivity index (χ0v) is 12.1. The van der Waals surface area contributed by atoms with Crippen LogP contribution in [-0.2, 0) is 0 Å². The van der Waals surface area contributed by atoms with Gasteiger partial charge in [0.15, 0.2) is 5.78 Å². The molecule has 0 amide bonds. The number of rotatable bonds is 5. The van der Waals surface area contributed by atoms with Crippen LogP contribution in [-0.4, -0.2) is 25.4 Å². The average Bonchev–Trinajstić information content (AvgIpc) is 2.39. The standard InChI is InChI=1S/C13H16O2S2/c1-9(13(16-3)17-4)12(14)10-5-7-11(15-2)8-6-10/h5-8H,1-4H3. The van der Waals surface area contributed by atoms with E-state index in [1.54, 1.807) is 54.9 Å². The summed E-state index contributed by atoms with van der Waals surface area (Å²) in [4.78, 5) is 12.2. The van der Waals surface area contributed by atoms with Gasteiger partial charge in [-0.25, -0.2) is 0 Å². The van der Waals surface area contributed by atoms with Gasteiger partial charge in [0.25, 0.3) is 0 Å². The molecule has 0 aliphatic heterocycles. The molecule has 0 saturated carbocycles. The highest BCUT2D eigenvalue weighted by Crippen LogP contribution is 2.29. The maximum absolute atomic E-state index is 12.2. The first-order valence-electron chi connectivity index (χ1n) is 5.11. The van der Waals surface area contributed by atoms with Crippen LogP contribution < -0.4 is 4.74 Å². The third kappa shape index (κ3) is 3.54. The molecule has 17 heavy (non-hydrogen) atoms. The number of ether oxygens (including phenoxy) is 1. The van der Waals surface area contributed by atoms with Gasteiger partial charge in [-0.05, 0) is 43.7 Å². The Bertz CT molecular complexity index is 416. The summed E-state index contributed by atoms with van der Waals surface area (Å²) in [5, 5.41) is 0. The molecule has 0 fully saturated rings. The number of ketones is 1. The highest BCUT2D eigenvalue weighted by Gasteiger charge is 2.12. The minimum Gasteiger partial charge on any atom is -0.497 e. The zero-order chi connectivity index (χ0) is 12.8. The SMILES string of the molecule is COc1ccc(C(=O)C(C)=C(SC)SC)cc1. The summed E-state index contributed by atoms with van der Waals surface area (Å²) in [5.74, 6) is 0.837. The van der Waals surface area contributed by atoms with Crippen molar-refractivity contribution in [1.82, 2.24) is 0 Å². The first-order chi connectivity index (χ1) is 8.13. The quantitative estimate of drug-likeness (QED) is 0.599. The molecule has 1 aromatic carbocycles. The lowest BCUT2D eigenvalue weighted by Crippen LogP contribution is -2.02. The van der Waals surface area contributed by atoms with Crippen molar-refractivity contribution >= 4 is 29.3 Å². The third-order valence-corrected chi connectivity index (χ3v) is 4.72. The predicted molar refractivity (Wildman–Crippen MR) is 77.1 cm³/mol. The number of hydrogen-bond acceptors (Lipinski definition) is 4. The van der Waals surface area contributed by atoms with Gasteiger partial charge >= 0.3 is 0 Å². The number of methoxy groups -OCH3 is 1. The van der Waals surface area contributed by atoms with Crippen LogP contribution in [0.25, 0.3) is 0 Å². The van der Waals surface area contributed by atoms with Gasteiger partial charge in [0.1, 0.15) is 5.75 Å². The lowest BCUT2D eigenvalue weighted by Gasteiger charge is -2.07. The van der Waals surface area contributed by atoms with Crippen LogP contribution in [0.4, 0.5) is 0 Å². The largest absolute Gasteiger partial charge is 0.497 e. The van der Waals surface area contributed by atoms with E-state index in [4.69, 9.17) is 4.74 Å². The fourth-order valence-corrected chi connectivity index (χ4v) is 2.91. The highest BCUT2D eigenvalue weighted by atomic mass is 32.2. The molecule has 1 aromatic rings. The lowest BCUT2D eigenvalue weighted by molar-refractivity contribution is 0.103. The normalized spacial score (nSPS) is 9.88. The van der Waals surface area contributed by atoms with Crippen LogP contribution in [0.5, 0.6) is 5.75 Å².